The summed E-state index contributed by atoms with van der Waals surface area (Å²) < 4.78 is 35.7. The highest BCUT2D eigenvalue weighted by Crippen LogP contribution is 2.31. The van der Waals surface area contributed by atoms with Gasteiger partial charge in [0.05, 0.1) is 26.1 Å². The third kappa shape index (κ3) is 4.05. The minimum atomic E-state index is -3.47. The van der Waals surface area contributed by atoms with Crippen molar-refractivity contribution in [3.05, 3.63) is 23.8 Å². The summed E-state index contributed by atoms with van der Waals surface area (Å²) >= 11 is 0. The second kappa shape index (κ2) is 7.59. The van der Waals surface area contributed by atoms with Crippen LogP contribution in [-0.4, -0.2) is 81.9 Å². The second-order valence-electron chi connectivity index (χ2n) is 6.14. The number of aliphatic hydroxyl groups is 1. The molecule has 0 spiro atoms. The van der Waals surface area contributed by atoms with E-state index in [4.69, 9.17) is 9.47 Å². The molecule has 9 heteroatoms. The first kappa shape index (κ1) is 19.5. The number of nitrogens with zero attached hydrogens (tertiary/aromatic N) is 2. The van der Waals surface area contributed by atoms with Crippen LogP contribution in [0.15, 0.2) is 18.2 Å². The number of benzene rings is 1. The Hall–Kier alpha value is -1.84. The molecule has 1 N–H and O–H groups in total. The van der Waals surface area contributed by atoms with Gasteiger partial charge in [0.25, 0.3) is 5.91 Å². The van der Waals surface area contributed by atoms with E-state index in [-0.39, 0.29) is 30.3 Å². The molecule has 1 aromatic carbocycles. The molecular weight excluding hydrogens is 348 g/mol. The summed E-state index contributed by atoms with van der Waals surface area (Å²) in [6.07, 6.45) is -0.903. The highest BCUT2D eigenvalue weighted by atomic mass is 32.2. The summed E-state index contributed by atoms with van der Waals surface area (Å²) in [7, 11) is 2.33. The Kier molecular flexibility index (Phi) is 5.91. The summed E-state index contributed by atoms with van der Waals surface area (Å²) in [5.74, 6) is -0.393. The van der Waals surface area contributed by atoms with Gasteiger partial charge in [-0.1, -0.05) is 6.07 Å². The molecule has 1 heterocycles. The summed E-state index contributed by atoms with van der Waals surface area (Å²) in [6, 6.07) is 5.01. The maximum absolute atomic E-state index is 12.9. The number of carbonyl (C=O) groups excluding carboxylic acids is 1. The number of methoxy groups -OCH3 is 2. The predicted molar refractivity (Wildman–Crippen MR) is 92.4 cm³/mol. The van der Waals surface area contributed by atoms with Crippen molar-refractivity contribution in [2.24, 2.45) is 5.92 Å². The number of hydrogen-bond donors (Lipinski definition) is 1. The lowest BCUT2D eigenvalue weighted by Gasteiger charge is -2.20. The molecule has 1 saturated heterocycles. The van der Waals surface area contributed by atoms with Crippen molar-refractivity contribution >= 4 is 15.9 Å². The highest BCUT2D eigenvalue weighted by molar-refractivity contribution is 7.89. The topological polar surface area (TPSA) is 96.4 Å². The molecule has 0 saturated carbocycles. The number of hydrogen-bond acceptors (Lipinski definition) is 6. The summed E-state index contributed by atoms with van der Waals surface area (Å²) in [6.45, 7) is 0.210. The lowest BCUT2D eigenvalue weighted by Crippen LogP contribution is -2.33. The molecule has 25 heavy (non-hydrogen) atoms. The van der Waals surface area contributed by atoms with Gasteiger partial charge in [0, 0.05) is 33.1 Å². The molecule has 2 atom stereocenters. The lowest BCUT2D eigenvalue weighted by molar-refractivity contribution is 0.0758. The van der Waals surface area contributed by atoms with Crippen LogP contribution in [0.1, 0.15) is 10.4 Å². The van der Waals surface area contributed by atoms with Gasteiger partial charge >= 0.3 is 0 Å². The molecule has 1 aliphatic rings. The maximum Gasteiger partial charge on any atom is 0.261 e. The zero-order valence-electron chi connectivity index (χ0n) is 14.8. The van der Waals surface area contributed by atoms with Crippen LogP contribution in [0.4, 0.5) is 0 Å². The van der Waals surface area contributed by atoms with Crippen LogP contribution >= 0.6 is 0 Å². The summed E-state index contributed by atoms with van der Waals surface area (Å²) in [5.41, 5.74) is 0.260. The zero-order chi connectivity index (χ0) is 18.8. The van der Waals surface area contributed by atoms with Crippen LogP contribution in [0.3, 0.4) is 0 Å². The average Bonchev–Trinajstić information content (AvgIpc) is 2.93. The van der Waals surface area contributed by atoms with Gasteiger partial charge in [-0.05, 0) is 12.1 Å². The van der Waals surface area contributed by atoms with Gasteiger partial charge in [0.15, 0.2) is 0 Å². The molecule has 1 aromatic rings. The number of rotatable bonds is 6. The smallest absolute Gasteiger partial charge is 0.261 e. The first-order valence-corrected chi connectivity index (χ1v) is 9.40. The van der Waals surface area contributed by atoms with E-state index in [0.29, 0.717) is 11.5 Å². The fourth-order valence-corrected chi connectivity index (χ4v) is 3.99. The quantitative estimate of drug-likeness (QED) is 0.757. The average molecular weight is 372 g/mol. The van der Waals surface area contributed by atoms with Crippen LogP contribution in [-0.2, 0) is 10.0 Å². The Morgan fingerprint density at radius 3 is 2.28 bits per heavy atom. The Labute approximate surface area is 148 Å². The molecule has 0 aliphatic carbocycles. The van der Waals surface area contributed by atoms with Crippen molar-refractivity contribution in [2.45, 2.75) is 6.10 Å². The molecule has 2 rings (SSSR count). The predicted octanol–water partition coefficient (Wildman–Crippen LogP) is 0.0281. The second-order valence-corrected chi connectivity index (χ2v) is 8.36. The summed E-state index contributed by atoms with van der Waals surface area (Å²) in [4.78, 5) is 14.3. The largest absolute Gasteiger partial charge is 0.496 e. The zero-order valence-corrected chi connectivity index (χ0v) is 15.6. The highest BCUT2D eigenvalue weighted by Gasteiger charge is 2.38. The Morgan fingerprint density at radius 2 is 1.80 bits per heavy atom. The van der Waals surface area contributed by atoms with Crippen LogP contribution in [0.2, 0.25) is 0 Å². The van der Waals surface area contributed by atoms with Crippen LogP contribution in [0, 0.1) is 5.92 Å². The fourth-order valence-electron chi connectivity index (χ4n) is 2.82. The van der Waals surface area contributed by atoms with E-state index in [9.17, 15) is 18.3 Å². The number of aliphatic hydroxyl groups excluding tert-OH is 1. The van der Waals surface area contributed by atoms with Crippen molar-refractivity contribution in [1.82, 2.24) is 9.21 Å². The van der Waals surface area contributed by atoms with Gasteiger partial charge in [-0.3, -0.25) is 4.79 Å². The van der Waals surface area contributed by atoms with E-state index in [1.165, 1.54) is 33.2 Å². The molecule has 140 valence electrons. The summed E-state index contributed by atoms with van der Waals surface area (Å²) in [5, 5.41) is 10.2. The number of ether oxygens (including phenoxy) is 2. The first-order valence-electron chi connectivity index (χ1n) is 7.79. The Morgan fingerprint density at radius 1 is 1.24 bits per heavy atom. The molecular formula is C16H24N2O6S. The number of carbonyl (C=O) groups is 1. The van der Waals surface area contributed by atoms with Crippen LogP contribution < -0.4 is 9.47 Å². The number of amides is 1. The van der Waals surface area contributed by atoms with E-state index < -0.39 is 22.0 Å². The normalized spacial score (nSPS) is 20.8. The van der Waals surface area contributed by atoms with E-state index in [0.717, 1.165) is 4.31 Å². The van der Waals surface area contributed by atoms with Gasteiger partial charge in [0.2, 0.25) is 10.0 Å². The van der Waals surface area contributed by atoms with Gasteiger partial charge in [-0.15, -0.1) is 0 Å². The van der Waals surface area contributed by atoms with Crippen molar-refractivity contribution in [3.63, 3.8) is 0 Å². The minimum Gasteiger partial charge on any atom is -0.496 e. The van der Waals surface area contributed by atoms with E-state index in [1.807, 2.05) is 0 Å². The standard InChI is InChI=1S/C16H24N2O6S/c1-17(2)25(21,22)10-11-8-18(9-12(11)19)16(20)15-13(23-3)6-5-7-14(15)24-4/h5-7,11-12,19H,8-10H2,1-4H3/t11-,12+/m0/s1. The van der Waals surface area contributed by atoms with E-state index in [1.54, 1.807) is 18.2 Å². The molecule has 0 aromatic heterocycles. The molecule has 1 aliphatic heterocycles. The third-order valence-electron chi connectivity index (χ3n) is 4.32. The Bertz CT molecular complexity index is 712. The number of β-amino-alcohol motifs (C(OH)–C–C–N with tert-alkyl or cyclic N) is 1. The van der Waals surface area contributed by atoms with Crippen LogP contribution in [0.25, 0.3) is 0 Å². The van der Waals surface area contributed by atoms with Crippen LogP contribution in [0.5, 0.6) is 11.5 Å². The molecule has 0 bridgehead atoms. The van der Waals surface area contributed by atoms with Crippen molar-refractivity contribution in [1.29, 1.82) is 0 Å². The van der Waals surface area contributed by atoms with Gasteiger partial charge < -0.3 is 19.5 Å². The van der Waals surface area contributed by atoms with Crippen molar-refractivity contribution in [2.75, 3.05) is 47.2 Å². The van der Waals surface area contributed by atoms with E-state index >= 15 is 0 Å². The Balaban J connectivity index is 2.23. The molecule has 0 unspecified atom stereocenters. The number of sulfonamides is 1. The molecule has 1 amide bonds. The molecule has 0 radical (unpaired) electrons. The van der Waals surface area contributed by atoms with E-state index in [2.05, 4.69) is 0 Å². The van der Waals surface area contributed by atoms with Crippen molar-refractivity contribution < 1.29 is 27.8 Å². The lowest BCUT2D eigenvalue weighted by atomic mass is 10.1. The number of likely N-dealkylation sites (tertiary alicyclic amines) is 1. The monoisotopic (exact) mass is 372 g/mol. The fraction of sp³-hybridized carbons (Fsp3) is 0.562. The molecule has 1 fully saturated rings. The minimum absolute atomic E-state index is 0.0631. The first-order chi connectivity index (χ1) is 11.7. The van der Waals surface area contributed by atoms with Gasteiger partial charge in [0.1, 0.15) is 17.1 Å². The van der Waals surface area contributed by atoms with Gasteiger partial charge in [-0.2, -0.15) is 0 Å². The van der Waals surface area contributed by atoms with Gasteiger partial charge in [-0.25, -0.2) is 12.7 Å². The maximum atomic E-state index is 12.9. The third-order valence-corrected chi connectivity index (χ3v) is 6.28. The molecule has 8 nitrogen and oxygen atoms in total. The SMILES string of the molecule is COc1cccc(OC)c1C(=O)N1C[C@@H](CS(=O)(=O)N(C)C)[C@H](O)C1. The van der Waals surface area contributed by atoms with Crippen molar-refractivity contribution in [3.8, 4) is 11.5 Å².